The molecular formula is C56H35N5O. The van der Waals surface area contributed by atoms with E-state index in [1.165, 1.54) is 43.7 Å². The SMILES string of the molecule is C1=CC2C(C=C1n1c3ccccc3c3ccccc31)c1ccc3oc4ccccc4c3c1N2c1nc(-c2ccc3c(c2)c2ccccc2n3-c2ccccc2)c2ccccc2n1. The Labute approximate surface area is 355 Å². The van der Waals surface area contributed by atoms with Crippen LogP contribution in [0.1, 0.15) is 11.5 Å². The first kappa shape index (κ1) is 33.6. The number of benzene rings is 8. The summed E-state index contributed by atoms with van der Waals surface area (Å²) in [6.07, 6.45) is 7.11. The van der Waals surface area contributed by atoms with Crippen LogP contribution in [0.2, 0.25) is 0 Å². The fourth-order valence-corrected chi connectivity index (χ4v) is 10.6. The van der Waals surface area contributed by atoms with Crippen LogP contribution in [0.3, 0.4) is 0 Å². The topological polar surface area (TPSA) is 52.0 Å². The standard InChI is InChI=1S/C56H35N5O/c1-2-14-35(15-3-1)59-48-24-12-7-18-39(48)43-32-34(26-29-49(43)59)54-41-19-4-9-21-45(41)57-56(58-54)61-50-30-27-36(60-46-22-10-5-16-37(46)38-17-6-11-23-47(38)60)33-44(50)40-28-31-52-53(55(40)61)42-20-8-13-25-51(42)62-52/h1-33,44,50H. The van der Waals surface area contributed by atoms with Crippen molar-refractivity contribution in [2.24, 2.45) is 0 Å². The highest BCUT2D eigenvalue weighted by atomic mass is 16.3. The van der Waals surface area contributed by atoms with Crippen LogP contribution >= 0.6 is 0 Å². The van der Waals surface area contributed by atoms with Gasteiger partial charge in [-0.05, 0) is 72.3 Å². The van der Waals surface area contributed by atoms with Crippen molar-refractivity contribution >= 4 is 93.8 Å². The van der Waals surface area contributed by atoms with Crippen LogP contribution in [-0.2, 0) is 0 Å². The summed E-state index contributed by atoms with van der Waals surface area (Å²) < 4.78 is 11.3. The van der Waals surface area contributed by atoms with Gasteiger partial charge in [-0.3, -0.25) is 0 Å². The molecule has 0 saturated heterocycles. The van der Waals surface area contributed by atoms with Gasteiger partial charge >= 0.3 is 0 Å². The average molecular weight is 794 g/mol. The lowest BCUT2D eigenvalue weighted by atomic mass is 9.89. The van der Waals surface area contributed by atoms with Gasteiger partial charge in [-0.1, -0.05) is 133 Å². The Morgan fingerprint density at radius 3 is 1.89 bits per heavy atom. The van der Waals surface area contributed by atoms with Crippen LogP contribution in [0.15, 0.2) is 205 Å². The van der Waals surface area contributed by atoms with Crippen molar-refractivity contribution in [3.8, 4) is 16.9 Å². The van der Waals surface area contributed by atoms with E-state index < -0.39 is 0 Å². The minimum Gasteiger partial charge on any atom is -0.456 e. The Morgan fingerprint density at radius 1 is 0.484 bits per heavy atom. The normalized spacial score (nSPS) is 16.1. The van der Waals surface area contributed by atoms with Gasteiger partial charge in [0.15, 0.2) is 0 Å². The smallest absolute Gasteiger partial charge is 0.231 e. The van der Waals surface area contributed by atoms with E-state index >= 15 is 0 Å². The summed E-state index contributed by atoms with van der Waals surface area (Å²) in [5, 5.41) is 8.07. The molecule has 0 N–H and O–H groups in total. The predicted octanol–water partition coefficient (Wildman–Crippen LogP) is 14.1. The number of aromatic nitrogens is 4. The lowest BCUT2D eigenvalue weighted by Gasteiger charge is -2.29. The number of allylic oxidation sites excluding steroid dienone is 2. The van der Waals surface area contributed by atoms with Crippen molar-refractivity contribution in [3.63, 3.8) is 0 Å². The maximum atomic E-state index is 6.56. The van der Waals surface area contributed by atoms with E-state index in [-0.39, 0.29) is 12.0 Å². The van der Waals surface area contributed by atoms with E-state index in [0.29, 0.717) is 5.95 Å². The molecule has 290 valence electrons. The Hall–Kier alpha value is -8.22. The molecule has 0 saturated carbocycles. The highest BCUT2D eigenvalue weighted by Gasteiger charge is 2.42. The largest absolute Gasteiger partial charge is 0.456 e. The zero-order valence-electron chi connectivity index (χ0n) is 33.4. The minimum absolute atomic E-state index is 0.0157. The Balaban J connectivity index is 1.00. The molecule has 2 atom stereocenters. The fourth-order valence-electron chi connectivity index (χ4n) is 10.6. The van der Waals surface area contributed by atoms with E-state index in [2.05, 4.69) is 208 Å². The molecule has 62 heavy (non-hydrogen) atoms. The summed E-state index contributed by atoms with van der Waals surface area (Å²) in [5.74, 6) is 0.678. The third-order valence-corrected chi connectivity index (χ3v) is 13.2. The van der Waals surface area contributed by atoms with Crippen LogP contribution in [0.5, 0.6) is 0 Å². The molecule has 6 heteroatoms. The third kappa shape index (κ3) is 4.63. The lowest BCUT2D eigenvalue weighted by Crippen LogP contribution is -2.31. The monoisotopic (exact) mass is 793 g/mol. The zero-order chi connectivity index (χ0) is 40.5. The summed E-state index contributed by atoms with van der Waals surface area (Å²) in [4.78, 5) is 13.5. The molecule has 0 spiro atoms. The highest BCUT2D eigenvalue weighted by molar-refractivity contribution is 6.15. The highest BCUT2D eigenvalue weighted by Crippen LogP contribution is 2.53. The Kier molecular flexibility index (Phi) is 6.85. The van der Waals surface area contributed by atoms with Gasteiger partial charge in [-0.15, -0.1) is 0 Å². The van der Waals surface area contributed by atoms with Crippen LogP contribution in [-0.4, -0.2) is 25.1 Å². The molecule has 0 bridgehead atoms. The second kappa shape index (κ2) is 12.6. The van der Waals surface area contributed by atoms with E-state index in [9.17, 15) is 0 Å². The quantitative estimate of drug-likeness (QED) is 0.178. The Morgan fingerprint density at radius 2 is 1.11 bits per heavy atom. The first-order valence-corrected chi connectivity index (χ1v) is 21.2. The zero-order valence-corrected chi connectivity index (χ0v) is 33.4. The molecule has 0 radical (unpaired) electrons. The maximum absolute atomic E-state index is 6.56. The number of anilines is 2. The second-order valence-corrected chi connectivity index (χ2v) is 16.5. The minimum atomic E-state index is -0.0820. The second-order valence-electron chi connectivity index (χ2n) is 16.5. The summed E-state index contributed by atoms with van der Waals surface area (Å²) in [6.45, 7) is 0. The van der Waals surface area contributed by atoms with Gasteiger partial charge in [0.2, 0.25) is 5.95 Å². The summed E-state index contributed by atoms with van der Waals surface area (Å²) in [7, 11) is 0. The van der Waals surface area contributed by atoms with E-state index in [0.717, 1.165) is 66.7 Å². The van der Waals surface area contributed by atoms with Gasteiger partial charge in [0.25, 0.3) is 0 Å². The predicted molar refractivity (Wildman–Crippen MR) is 255 cm³/mol. The molecule has 0 fully saturated rings. The maximum Gasteiger partial charge on any atom is 0.231 e. The van der Waals surface area contributed by atoms with E-state index in [1.54, 1.807) is 0 Å². The summed E-state index contributed by atoms with van der Waals surface area (Å²) >= 11 is 0. The number of rotatable bonds is 4. The molecule has 14 rings (SSSR count). The van der Waals surface area contributed by atoms with Gasteiger partial charge in [0, 0.05) is 55.2 Å². The van der Waals surface area contributed by atoms with Crippen molar-refractivity contribution in [2.45, 2.75) is 12.0 Å². The van der Waals surface area contributed by atoms with Gasteiger partial charge in [-0.25, -0.2) is 9.97 Å². The molecule has 1 aliphatic heterocycles. The Bertz CT molecular complexity index is 3850. The molecule has 0 amide bonds. The molecular weight excluding hydrogens is 759 g/mol. The number of hydrogen-bond donors (Lipinski definition) is 0. The van der Waals surface area contributed by atoms with Gasteiger partial charge in [0.05, 0.1) is 50.4 Å². The molecule has 4 aromatic heterocycles. The van der Waals surface area contributed by atoms with Gasteiger partial charge in [-0.2, -0.15) is 0 Å². The third-order valence-electron chi connectivity index (χ3n) is 13.2. The summed E-state index contributed by atoms with van der Waals surface area (Å²) in [6, 6.07) is 64.6. The number of hydrogen-bond acceptors (Lipinski definition) is 4. The van der Waals surface area contributed by atoms with Crippen LogP contribution in [0.4, 0.5) is 11.6 Å². The first-order chi connectivity index (χ1) is 30.8. The summed E-state index contributed by atoms with van der Waals surface area (Å²) in [5.41, 5.74) is 13.9. The number of furan rings is 1. The number of nitrogens with zero attached hydrogens (tertiary/aromatic N) is 5. The molecule has 8 aromatic carbocycles. The van der Waals surface area contributed by atoms with E-state index in [4.69, 9.17) is 14.4 Å². The van der Waals surface area contributed by atoms with Crippen LogP contribution in [0, 0.1) is 0 Å². The average Bonchev–Trinajstić information content (AvgIpc) is 4.07. The number of para-hydroxylation sites is 6. The molecule has 1 aliphatic carbocycles. The first-order valence-electron chi connectivity index (χ1n) is 21.2. The van der Waals surface area contributed by atoms with Crippen molar-refractivity contribution < 1.29 is 4.42 Å². The molecule has 12 aromatic rings. The molecule has 2 aliphatic rings. The van der Waals surface area contributed by atoms with Crippen molar-refractivity contribution in [1.82, 2.24) is 19.1 Å². The molecule has 2 unspecified atom stereocenters. The van der Waals surface area contributed by atoms with E-state index in [1.807, 2.05) is 6.07 Å². The fraction of sp³-hybridized carbons (Fsp3) is 0.0357. The van der Waals surface area contributed by atoms with Gasteiger partial charge in [0.1, 0.15) is 11.2 Å². The van der Waals surface area contributed by atoms with Crippen molar-refractivity contribution in [1.29, 1.82) is 0 Å². The number of fused-ring (bicyclic) bond motifs is 14. The van der Waals surface area contributed by atoms with Crippen molar-refractivity contribution in [3.05, 3.63) is 206 Å². The molecule has 6 nitrogen and oxygen atoms in total. The molecule has 5 heterocycles. The van der Waals surface area contributed by atoms with Gasteiger partial charge < -0.3 is 18.5 Å². The van der Waals surface area contributed by atoms with Crippen LogP contribution in [0.25, 0.3) is 99.1 Å². The lowest BCUT2D eigenvalue weighted by molar-refractivity contribution is 0.669. The van der Waals surface area contributed by atoms with Crippen molar-refractivity contribution in [2.75, 3.05) is 4.90 Å². The van der Waals surface area contributed by atoms with Crippen LogP contribution < -0.4 is 4.90 Å².